The fourth-order valence-corrected chi connectivity index (χ4v) is 4.00. The Morgan fingerprint density at radius 2 is 2.19 bits per heavy atom. The van der Waals surface area contributed by atoms with Gasteiger partial charge in [-0.15, -0.1) is 11.3 Å². The fraction of sp³-hybridized carbons (Fsp3) is 0.200. The predicted octanol–water partition coefficient (Wildman–Crippen LogP) is 3.77. The highest BCUT2D eigenvalue weighted by molar-refractivity contribution is 7.18. The zero-order valence-electron chi connectivity index (χ0n) is 14.8. The summed E-state index contributed by atoms with van der Waals surface area (Å²) >= 11 is 1.54. The lowest BCUT2D eigenvalue weighted by molar-refractivity contribution is 0.744. The largest absolute Gasteiger partial charge is 0.346 e. The van der Waals surface area contributed by atoms with Crippen molar-refractivity contribution in [3.63, 3.8) is 0 Å². The van der Waals surface area contributed by atoms with Gasteiger partial charge >= 0.3 is 0 Å². The van der Waals surface area contributed by atoms with E-state index in [4.69, 9.17) is 5.26 Å². The zero-order valence-corrected chi connectivity index (χ0v) is 15.6. The lowest BCUT2D eigenvalue weighted by Gasteiger charge is -2.00. The molecule has 0 N–H and O–H groups in total. The maximum absolute atomic E-state index is 12.7. The molecule has 7 heteroatoms. The molecule has 0 atom stereocenters. The molecule has 0 spiro atoms. The zero-order chi connectivity index (χ0) is 18.8. The van der Waals surface area contributed by atoms with Gasteiger partial charge in [-0.1, -0.05) is 25.1 Å². The summed E-state index contributed by atoms with van der Waals surface area (Å²) in [7, 11) is 0. The summed E-state index contributed by atoms with van der Waals surface area (Å²) in [6.45, 7) is 2.68. The maximum Gasteiger partial charge on any atom is 0.282 e. The summed E-state index contributed by atoms with van der Waals surface area (Å²) < 4.78 is 3.31. The van der Waals surface area contributed by atoms with Crippen LogP contribution in [0.2, 0.25) is 0 Å². The van der Waals surface area contributed by atoms with Crippen LogP contribution in [0.1, 0.15) is 23.8 Å². The normalized spacial score (nSPS) is 11.6. The van der Waals surface area contributed by atoms with Crippen molar-refractivity contribution in [2.75, 3.05) is 0 Å². The Bertz CT molecular complexity index is 1260. The fourth-order valence-electron chi connectivity index (χ4n) is 3.08. The summed E-state index contributed by atoms with van der Waals surface area (Å²) in [5.74, 6) is 0. The SMILES string of the molecule is CCc1cc2c(=O)n(/N=C\c3cn(CCC#N)c4ccccc34)cnc2s1. The van der Waals surface area contributed by atoms with Gasteiger partial charge in [0.15, 0.2) is 0 Å². The molecular formula is C20H17N5OS. The second-order valence-corrected chi connectivity index (χ2v) is 7.24. The van der Waals surface area contributed by atoms with Crippen molar-refractivity contribution in [2.45, 2.75) is 26.3 Å². The van der Waals surface area contributed by atoms with Crippen LogP contribution in [0, 0.1) is 11.3 Å². The molecule has 0 saturated carbocycles. The molecule has 4 rings (SSSR count). The van der Waals surface area contributed by atoms with Gasteiger partial charge in [-0.2, -0.15) is 15.0 Å². The molecule has 1 aromatic carbocycles. The predicted molar refractivity (Wildman–Crippen MR) is 108 cm³/mol. The van der Waals surface area contributed by atoms with E-state index in [9.17, 15) is 4.79 Å². The van der Waals surface area contributed by atoms with E-state index in [0.717, 1.165) is 32.6 Å². The third-order valence-electron chi connectivity index (χ3n) is 4.44. The molecule has 3 aromatic heterocycles. The van der Waals surface area contributed by atoms with Crippen LogP contribution in [0.5, 0.6) is 0 Å². The lowest BCUT2D eigenvalue weighted by Crippen LogP contribution is -2.16. The number of aromatic nitrogens is 3. The molecule has 0 aliphatic rings. The van der Waals surface area contributed by atoms with Gasteiger partial charge in [0.1, 0.15) is 11.2 Å². The summed E-state index contributed by atoms with van der Waals surface area (Å²) in [5, 5.41) is 14.8. The number of nitrogens with zero attached hydrogens (tertiary/aromatic N) is 5. The molecule has 134 valence electrons. The van der Waals surface area contributed by atoms with Crippen molar-refractivity contribution >= 4 is 38.7 Å². The smallest absolute Gasteiger partial charge is 0.282 e. The topological polar surface area (TPSA) is 76.0 Å². The van der Waals surface area contributed by atoms with E-state index in [0.29, 0.717) is 18.4 Å². The van der Waals surface area contributed by atoms with Crippen molar-refractivity contribution < 1.29 is 0 Å². The number of para-hydroxylation sites is 1. The summed E-state index contributed by atoms with van der Waals surface area (Å²) in [6, 6.07) is 12.0. The van der Waals surface area contributed by atoms with Gasteiger partial charge in [0, 0.05) is 34.1 Å². The number of thiophene rings is 1. The van der Waals surface area contributed by atoms with Crippen LogP contribution >= 0.6 is 11.3 Å². The van der Waals surface area contributed by atoms with Gasteiger partial charge in [0.25, 0.3) is 5.56 Å². The Hall–Kier alpha value is -3.24. The molecule has 27 heavy (non-hydrogen) atoms. The monoisotopic (exact) mass is 375 g/mol. The van der Waals surface area contributed by atoms with E-state index in [2.05, 4.69) is 23.1 Å². The van der Waals surface area contributed by atoms with Crippen LogP contribution < -0.4 is 5.56 Å². The molecule has 6 nitrogen and oxygen atoms in total. The highest BCUT2D eigenvalue weighted by Crippen LogP contribution is 2.22. The Balaban J connectivity index is 1.75. The molecular weight excluding hydrogens is 358 g/mol. The van der Waals surface area contributed by atoms with Crippen molar-refractivity contribution in [2.24, 2.45) is 5.10 Å². The van der Waals surface area contributed by atoms with E-state index < -0.39 is 0 Å². The Morgan fingerprint density at radius 3 is 3.00 bits per heavy atom. The standard InChI is InChI=1S/C20H17N5OS/c1-2-15-10-17-19(27-15)22-13-25(20(17)26)23-11-14-12-24(9-5-8-21)18-7-4-3-6-16(14)18/h3-4,6-7,10-13H,2,5,9H2,1H3/b23-11-. The number of nitriles is 1. The van der Waals surface area contributed by atoms with Gasteiger partial charge in [-0.05, 0) is 18.6 Å². The van der Waals surface area contributed by atoms with Gasteiger partial charge in [0.2, 0.25) is 0 Å². The summed E-state index contributed by atoms with van der Waals surface area (Å²) in [4.78, 5) is 18.9. The first-order valence-corrected chi connectivity index (χ1v) is 9.52. The molecule has 0 aliphatic heterocycles. The third-order valence-corrected chi connectivity index (χ3v) is 5.63. The molecule has 0 amide bonds. The summed E-state index contributed by atoms with van der Waals surface area (Å²) in [5.41, 5.74) is 1.77. The second kappa shape index (κ2) is 7.17. The van der Waals surface area contributed by atoms with E-state index in [1.165, 1.54) is 11.0 Å². The lowest BCUT2D eigenvalue weighted by atomic mass is 10.2. The number of hydrogen-bond acceptors (Lipinski definition) is 5. The second-order valence-electron chi connectivity index (χ2n) is 6.13. The van der Waals surface area contributed by atoms with Crippen molar-refractivity contribution in [3.8, 4) is 6.07 Å². The van der Waals surface area contributed by atoms with Crippen LogP contribution in [0.15, 0.2) is 52.8 Å². The van der Waals surface area contributed by atoms with Crippen LogP contribution in [-0.4, -0.2) is 20.4 Å². The van der Waals surface area contributed by atoms with E-state index >= 15 is 0 Å². The molecule has 0 aliphatic carbocycles. The van der Waals surface area contributed by atoms with Gasteiger partial charge < -0.3 is 4.57 Å². The van der Waals surface area contributed by atoms with Crippen molar-refractivity contribution in [3.05, 3.63) is 63.7 Å². The minimum atomic E-state index is -0.166. The van der Waals surface area contributed by atoms with Gasteiger partial charge in [-0.3, -0.25) is 4.79 Å². The number of benzene rings is 1. The van der Waals surface area contributed by atoms with Crippen LogP contribution in [-0.2, 0) is 13.0 Å². The van der Waals surface area contributed by atoms with Crippen LogP contribution in [0.3, 0.4) is 0 Å². The highest BCUT2D eigenvalue weighted by atomic mass is 32.1. The molecule has 3 heterocycles. The number of rotatable bonds is 5. The molecule has 0 bridgehead atoms. The Labute approximate surface area is 159 Å². The first-order valence-electron chi connectivity index (χ1n) is 8.70. The summed E-state index contributed by atoms with van der Waals surface area (Å²) in [6.07, 6.45) is 6.42. The first kappa shape index (κ1) is 17.2. The molecule has 0 unspecified atom stereocenters. The molecule has 0 saturated heterocycles. The third kappa shape index (κ3) is 3.15. The Kier molecular flexibility index (Phi) is 4.57. The number of fused-ring (bicyclic) bond motifs is 2. The maximum atomic E-state index is 12.7. The minimum Gasteiger partial charge on any atom is -0.346 e. The number of aryl methyl sites for hydroxylation is 2. The van der Waals surface area contributed by atoms with Gasteiger partial charge in [-0.25, -0.2) is 4.98 Å². The van der Waals surface area contributed by atoms with Crippen LogP contribution in [0.25, 0.3) is 21.1 Å². The molecule has 4 aromatic rings. The average molecular weight is 375 g/mol. The minimum absolute atomic E-state index is 0.166. The first-order chi connectivity index (χ1) is 13.2. The average Bonchev–Trinajstić information content (AvgIpc) is 3.28. The molecule has 0 radical (unpaired) electrons. The quantitative estimate of drug-likeness (QED) is 0.498. The van der Waals surface area contributed by atoms with Crippen molar-refractivity contribution in [1.82, 2.24) is 14.2 Å². The Morgan fingerprint density at radius 1 is 1.33 bits per heavy atom. The molecule has 0 fully saturated rings. The highest BCUT2D eigenvalue weighted by Gasteiger charge is 2.09. The van der Waals surface area contributed by atoms with E-state index in [1.54, 1.807) is 17.6 Å². The van der Waals surface area contributed by atoms with Crippen LogP contribution in [0.4, 0.5) is 0 Å². The van der Waals surface area contributed by atoms with E-state index in [-0.39, 0.29) is 5.56 Å². The number of hydrogen-bond donors (Lipinski definition) is 0. The van der Waals surface area contributed by atoms with Gasteiger partial charge in [0.05, 0.1) is 24.1 Å². The van der Waals surface area contributed by atoms with E-state index in [1.807, 2.05) is 41.1 Å². The van der Waals surface area contributed by atoms with Crippen molar-refractivity contribution in [1.29, 1.82) is 5.26 Å².